The summed E-state index contributed by atoms with van der Waals surface area (Å²) < 4.78 is 4.88. The van der Waals surface area contributed by atoms with Gasteiger partial charge in [-0.15, -0.1) is 0 Å². The van der Waals surface area contributed by atoms with Crippen LogP contribution in [0.2, 0.25) is 0 Å². The molecule has 0 aliphatic rings. The van der Waals surface area contributed by atoms with E-state index in [0.717, 1.165) is 11.3 Å². The van der Waals surface area contributed by atoms with E-state index in [0.29, 0.717) is 30.2 Å². The van der Waals surface area contributed by atoms with Gasteiger partial charge in [0, 0.05) is 32.6 Å². The lowest BCUT2D eigenvalue weighted by atomic mass is 10.1. The van der Waals surface area contributed by atoms with Crippen LogP contribution in [0.5, 0.6) is 0 Å². The maximum Gasteiger partial charge on any atom is 0.253 e. The number of aromatic nitrogens is 2. The second-order valence-corrected chi connectivity index (χ2v) is 4.53. The standard InChI is InChI=1S/C14H18N4O2/c1-9-4-5-12(15-3)11(8-9)14(19)16-7-6-13-17-10(2)20-18-13/h4-5,8,15H,6-7H2,1-3H3,(H,16,19). The zero-order valence-electron chi connectivity index (χ0n) is 11.9. The number of rotatable bonds is 5. The molecule has 0 atom stereocenters. The highest BCUT2D eigenvalue weighted by Gasteiger charge is 2.11. The molecule has 106 valence electrons. The Morgan fingerprint density at radius 2 is 2.15 bits per heavy atom. The first kappa shape index (κ1) is 14.0. The number of nitrogens with zero attached hydrogens (tertiary/aromatic N) is 2. The van der Waals surface area contributed by atoms with Crippen LogP contribution in [-0.4, -0.2) is 29.6 Å². The van der Waals surface area contributed by atoms with E-state index in [4.69, 9.17) is 4.52 Å². The van der Waals surface area contributed by atoms with Crippen LogP contribution in [0.25, 0.3) is 0 Å². The molecule has 0 bridgehead atoms. The SMILES string of the molecule is CNc1ccc(C)cc1C(=O)NCCc1noc(C)n1. The number of benzene rings is 1. The summed E-state index contributed by atoms with van der Waals surface area (Å²) in [5.74, 6) is 1.02. The van der Waals surface area contributed by atoms with Crippen molar-refractivity contribution in [1.29, 1.82) is 0 Å². The summed E-state index contributed by atoms with van der Waals surface area (Å²) in [6.45, 7) is 4.16. The van der Waals surface area contributed by atoms with Gasteiger partial charge in [-0.25, -0.2) is 0 Å². The molecule has 1 aromatic heterocycles. The van der Waals surface area contributed by atoms with Gasteiger partial charge in [-0.3, -0.25) is 4.79 Å². The molecule has 2 aromatic rings. The van der Waals surface area contributed by atoms with Crippen LogP contribution in [0, 0.1) is 13.8 Å². The molecule has 0 fully saturated rings. The Bertz CT molecular complexity index is 607. The van der Waals surface area contributed by atoms with Gasteiger partial charge < -0.3 is 15.2 Å². The maximum atomic E-state index is 12.2. The minimum absolute atomic E-state index is 0.113. The molecule has 1 amide bonds. The van der Waals surface area contributed by atoms with Crippen molar-refractivity contribution in [2.24, 2.45) is 0 Å². The predicted molar refractivity (Wildman–Crippen MR) is 75.8 cm³/mol. The average molecular weight is 274 g/mol. The Morgan fingerprint density at radius 3 is 2.80 bits per heavy atom. The van der Waals surface area contributed by atoms with Crippen LogP contribution in [0.4, 0.5) is 5.69 Å². The lowest BCUT2D eigenvalue weighted by molar-refractivity contribution is 0.0954. The average Bonchev–Trinajstić information content (AvgIpc) is 2.84. The molecule has 0 spiro atoms. The molecule has 0 aliphatic heterocycles. The summed E-state index contributed by atoms with van der Waals surface area (Å²) in [6, 6.07) is 5.72. The van der Waals surface area contributed by atoms with Crippen LogP contribution in [0.15, 0.2) is 22.7 Å². The van der Waals surface area contributed by atoms with Gasteiger partial charge in [0.2, 0.25) is 5.89 Å². The van der Waals surface area contributed by atoms with Crippen molar-refractivity contribution in [3.05, 3.63) is 41.0 Å². The Kier molecular flexibility index (Phi) is 4.34. The van der Waals surface area contributed by atoms with Crippen LogP contribution in [0.3, 0.4) is 0 Å². The Hall–Kier alpha value is -2.37. The highest BCUT2D eigenvalue weighted by Crippen LogP contribution is 2.16. The molecule has 2 rings (SSSR count). The third kappa shape index (κ3) is 3.34. The molecule has 2 N–H and O–H groups in total. The number of aryl methyl sites for hydroxylation is 2. The lowest BCUT2D eigenvalue weighted by Gasteiger charge is -2.10. The van der Waals surface area contributed by atoms with Crippen molar-refractivity contribution in [2.75, 3.05) is 18.9 Å². The van der Waals surface area contributed by atoms with Crippen LogP contribution >= 0.6 is 0 Å². The van der Waals surface area contributed by atoms with E-state index < -0.39 is 0 Å². The van der Waals surface area contributed by atoms with Crippen molar-refractivity contribution in [1.82, 2.24) is 15.5 Å². The van der Waals surface area contributed by atoms with Crippen molar-refractivity contribution in [3.63, 3.8) is 0 Å². The normalized spacial score (nSPS) is 10.3. The number of hydrogen-bond donors (Lipinski definition) is 2. The minimum Gasteiger partial charge on any atom is -0.387 e. The molecule has 6 nitrogen and oxygen atoms in total. The number of carbonyl (C=O) groups excluding carboxylic acids is 1. The van der Waals surface area contributed by atoms with Gasteiger partial charge in [-0.2, -0.15) is 4.98 Å². The molecule has 0 saturated carbocycles. The quantitative estimate of drug-likeness (QED) is 0.867. The van der Waals surface area contributed by atoms with E-state index in [1.807, 2.05) is 25.1 Å². The summed E-state index contributed by atoms with van der Waals surface area (Å²) >= 11 is 0. The smallest absolute Gasteiger partial charge is 0.253 e. The largest absolute Gasteiger partial charge is 0.387 e. The number of amides is 1. The molecule has 6 heteroatoms. The van der Waals surface area contributed by atoms with E-state index in [1.54, 1.807) is 14.0 Å². The van der Waals surface area contributed by atoms with Gasteiger partial charge in [-0.1, -0.05) is 16.8 Å². The second kappa shape index (κ2) is 6.18. The van der Waals surface area contributed by atoms with Crippen LogP contribution < -0.4 is 10.6 Å². The zero-order valence-corrected chi connectivity index (χ0v) is 11.9. The zero-order chi connectivity index (χ0) is 14.5. The molecule has 20 heavy (non-hydrogen) atoms. The maximum absolute atomic E-state index is 12.2. The molecule has 1 heterocycles. The summed E-state index contributed by atoms with van der Waals surface area (Å²) in [5.41, 5.74) is 2.49. The van der Waals surface area contributed by atoms with Crippen molar-refractivity contribution < 1.29 is 9.32 Å². The highest BCUT2D eigenvalue weighted by molar-refractivity contribution is 5.99. The molecule has 1 aromatic carbocycles. The van der Waals surface area contributed by atoms with Crippen molar-refractivity contribution in [3.8, 4) is 0 Å². The van der Waals surface area contributed by atoms with E-state index in [-0.39, 0.29) is 5.91 Å². The molecule has 0 aliphatic carbocycles. The Morgan fingerprint density at radius 1 is 1.35 bits per heavy atom. The fourth-order valence-corrected chi connectivity index (χ4v) is 1.89. The van der Waals surface area contributed by atoms with Crippen molar-refractivity contribution in [2.45, 2.75) is 20.3 Å². The topological polar surface area (TPSA) is 80.0 Å². The Balaban J connectivity index is 1.96. The summed E-state index contributed by atoms with van der Waals surface area (Å²) in [4.78, 5) is 16.2. The first-order valence-corrected chi connectivity index (χ1v) is 6.46. The summed E-state index contributed by atoms with van der Waals surface area (Å²) in [7, 11) is 1.80. The number of hydrogen-bond acceptors (Lipinski definition) is 5. The van der Waals surface area contributed by atoms with Gasteiger partial charge in [0.05, 0.1) is 5.56 Å². The monoisotopic (exact) mass is 274 g/mol. The fraction of sp³-hybridized carbons (Fsp3) is 0.357. The van der Waals surface area contributed by atoms with Gasteiger partial charge in [-0.05, 0) is 19.1 Å². The van der Waals surface area contributed by atoms with Crippen LogP contribution in [0.1, 0.15) is 27.6 Å². The summed E-state index contributed by atoms with van der Waals surface area (Å²) in [6.07, 6.45) is 0.545. The number of anilines is 1. The van der Waals surface area contributed by atoms with Crippen LogP contribution in [-0.2, 0) is 6.42 Å². The number of carbonyl (C=O) groups is 1. The second-order valence-electron chi connectivity index (χ2n) is 4.53. The summed E-state index contributed by atoms with van der Waals surface area (Å²) in [5, 5.41) is 9.66. The first-order chi connectivity index (χ1) is 9.60. The minimum atomic E-state index is -0.113. The van der Waals surface area contributed by atoms with Crippen molar-refractivity contribution >= 4 is 11.6 Å². The van der Waals surface area contributed by atoms with Gasteiger partial charge in [0.15, 0.2) is 5.82 Å². The molecule has 0 saturated heterocycles. The molecular formula is C14H18N4O2. The Labute approximate surface area is 117 Å². The highest BCUT2D eigenvalue weighted by atomic mass is 16.5. The van der Waals surface area contributed by atoms with Gasteiger partial charge in [0.1, 0.15) is 0 Å². The predicted octanol–water partition coefficient (Wildman–Crippen LogP) is 1.70. The van der Waals surface area contributed by atoms with E-state index in [1.165, 1.54) is 0 Å². The van der Waals surface area contributed by atoms with E-state index >= 15 is 0 Å². The fourth-order valence-electron chi connectivity index (χ4n) is 1.89. The molecular weight excluding hydrogens is 256 g/mol. The third-order valence-corrected chi connectivity index (χ3v) is 2.89. The third-order valence-electron chi connectivity index (χ3n) is 2.89. The molecule has 0 radical (unpaired) electrons. The van der Waals surface area contributed by atoms with E-state index in [2.05, 4.69) is 20.8 Å². The molecule has 0 unspecified atom stereocenters. The van der Waals surface area contributed by atoms with E-state index in [9.17, 15) is 4.79 Å². The van der Waals surface area contributed by atoms with Gasteiger partial charge >= 0.3 is 0 Å². The van der Waals surface area contributed by atoms with Gasteiger partial charge in [0.25, 0.3) is 5.91 Å². The lowest BCUT2D eigenvalue weighted by Crippen LogP contribution is -2.26. The number of nitrogens with one attached hydrogen (secondary N) is 2. The first-order valence-electron chi connectivity index (χ1n) is 6.46.